The fourth-order valence-electron chi connectivity index (χ4n) is 1.72. The molecule has 0 spiro atoms. The summed E-state index contributed by atoms with van der Waals surface area (Å²) in [4.78, 5) is 12.6. The van der Waals surface area contributed by atoms with E-state index in [4.69, 9.17) is 0 Å². The molecule has 1 heterocycles. The van der Waals surface area contributed by atoms with Crippen LogP contribution in [-0.2, 0) is 11.0 Å². The number of carbonyl (C=O) groups is 1. The second kappa shape index (κ2) is 6.13. The van der Waals surface area contributed by atoms with Gasteiger partial charge in [-0.25, -0.2) is 0 Å². The molecule has 21 heavy (non-hydrogen) atoms. The fourth-order valence-corrected chi connectivity index (χ4v) is 2.54. The van der Waals surface area contributed by atoms with E-state index < -0.39 is 17.6 Å². The smallest absolute Gasteiger partial charge is 0.322 e. The van der Waals surface area contributed by atoms with Crippen LogP contribution in [-0.4, -0.2) is 5.91 Å². The van der Waals surface area contributed by atoms with E-state index in [0.29, 0.717) is 0 Å². The van der Waals surface area contributed by atoms with Crippen LogP contribution in [0.4, 0.5) is 18.9 Å². The van der Waals surface area contributed by atoms with Crippen LogP contribution in [0.15, 0.2) is 41.8 Å². The molecule has 0 atom stereocenters. The van der Waals surface area contributed by atoms with E-state index in [0.717, 1.165) is 16.5 Å². The number of hydrogen-bond donors (Lipinski definition) is 1. The van der Waals surface area contributed by atoms with E-state index in [-0.39, 0.29) is 5.69 Å². The Morgan fingerprint density at radius 3 is 2.57 bits per heavy atom. The Labute approximate surface area is 123 Å². The molecule has 0 aliphatic heterocycles. The second-order valence-electron chi connectivity index (χ2n) is 4.33. The largest absolute Gasteiger partial charge is 0.418 e. The van der Waals surface area contributed by atoms with Crippen LogP contribution in [0, 0.1) is 6.92 Å². The quantitative estimate of drug-likeness (QED) is 0.816. The second-order valence-corrected chi connectivity index (χ2v) is 5.28. The van der Waals surface area contributed by atoms with Crippen molar-refractivity contribution in [3.63, 3.8) is 0 Å². The van der Waals surface area contributed by atoms with Gasteiger partial charge in [0.25, 0.3) is 0 Å². The third-order valence-electron chi connectivity index (χ3n) is 2.78. The van der Waals surface area contributed by atoms with Crippen molar-refractivity contribution in [1.82, 2.24) is 0 Å². The summed E-state index contributed by atoms with van der Waals surface area (Å²) >= 11 is 1.46. The van der Waals surface area contributed by atoms with E-state index in [2.05, 4.69) is 5.32 Å². The Morgan fingerprint density at radius 2 is 1.95 bits per heavy atom. The number of alkyl halides is 3. The molecule has 0 aliphatic rings. The van der Waals surface area contributed by atoms with Crippen molar-refractivity contribution in [2.75, 3.05) is 5.32 Å². The zero-order valence-corrected chi connectivity index (χ0v) is 11.9. The highest BCUT2D eigenvalue weighted by atomic mass is 32.1. The third-order valence-corrected chi connectivity index (χ3v) is 3.76. The van der Waals surface area contributed by atoms with E-state index in [1.165, 1.54) is 35.6 Å². The van der Waals surface area contributed by atoms with Crippen molar-refractivity contribution < 1.29 is 18.0 Å². The van der Waals surface area contributed by atoms with Gasteiger partial charge in [0.1, 0.15) is 0 Å². The van der Waals surface area contributed by atoms with Crippen molar-refractivity contribution in [2.24, 2.45) is 0 Å². The molecule has 1 aromatic carbocycles. The molecule has 0 aliphatic carbocycles. The van der Waals surface area contributed by atoms with Gasteiger partial charge < -0.3 is 5.32 Å². The summed E-state index contributed by atoms with van der Waals surface area (Å²) in [6.07, 6.45) is -1.69. The summed E-state index contributed by atoms with van der Waals surface area (Å²) in [7, 11) is 0. The Kier molecular flexibility index (Phi) is 4.47. The van der Waals surface area contributed by atoms with Gasteiger partial charge in [0, 0.05) is 11.0 Å². The number of nitrogens with one attached hydrogen (secondary N) is 1. The summed E-state index contributed by atoms with van der Waals surface area (Å²) in [5.74, 6) is -0.598. The zero-order valence-electron chi connectivity index (χ0n) is 11.1. The van der Waals surface area contributed by atoms with Crippen LogP contribution >= 0.6 is 11.3 Å². The van der Waals surface area contributed by atoms with Gasteiger partial charge in [-0.3, -0.25) is 4.79 Å². The summed E-state index contributed by atoms with van der Waals surface area (Å²) in [5.41, 5.74) is -0.0960. The monoisotopic (exact) mass is 311 g/mol. The lowest BCUT2D eigenvalue weighted by molar-refractivity contribution is -0.136. The number of rotatable bonds is 3. The van der Waals surface area contributed by atoms with Gasteiger partial charge in [0.15, 0.2) is 0 Å². The molecule has 0 bridgehead atoms. The molecule has 110 valence electrons. The van der Waals surface area contributed by atoms with Gasteiger partial charge in [-0.2, -0.15) is 13.2 Å². The van der Waals surface area contributed by atoms with Crippen LogP contribution in [0.2, 0.25) is 0 Å². The maximum absolute atomic E-state index is 12.8. The number of amides is 1. The first-order valence-corrected chi connectivity index (χ1v) is 6.95. The van der Waals surface area contributed by atoms with E-state index >= 15 is 0 Å². The van der Waals surface area contributed by atoms with Gasteiger partial charge in [-0.1, -0.05) is 12.1 Å². The van der Waals surface area contributed by atoms with Crippen molar-refractivity contribution in [3.8, 4) is 0 Å². The Morgan fingerprint density at radius 1 is 1.24 bits per heavy atom. The highest BCUT2D eigenvalue weighted by Crippen LogP contribution is 2.34. The van der Waals surface area contributed by atoms with E-state index in [9.17, 15) is 18.0 Å². The molecule has 1 N–H and O–H groups in total. The predicted octanol–water partition coefficient (Wildman–Crippen LogP) is 4.73. The van der Waals surface area contributed by atoms with Crippen LogP contribution in [0.3, 0.4) is 0 Å². The maximum Gasteiger partial charge on any atom is 0.418 e. The number of para-hydroxylation sites is 1. The summed E-state index contributed by atoms with van der Waals surface area (Å²) in [6, 6.07) is 6.79. The minimum atomic E-state index is -4.50. The first-order chi connectivity index (χ1) is 9.88. The molecular formula is C15H12F3NOS. The van der Waals surface area contributed by atoms with Gasteiger partial charge in [-0.05, 0) is 42.1 Å². The van der Waals surface area contributed by atoms with E-state index in [1.54, 1.807) is 6.08 Å². The summed E-state index contributed by atoms with van der Waals surface area (Å²) in [6.45, 7) is 1.90. The number of aryl methyl sites for hydroxylation is 1. The lowest BCUT2D eigenvalue weighted by atomic mass is 10.1. The molecule has 1 amide bonds. The topological polar surface area (TPSA) is 29.1 Å². The van der Waals surface area contributed by atoms with Gasteiger partial charge in [-0.15, -0.1) is 11.3 Å². The highest BCUT2D eigenvalue weighted by Gasteiger charge is 2.33. The molecule has 6 heteroatoms. The van der Waals surface area contributed by atoms with Crippen molar-refractivity contribution in [1.29, 1.82) is 0 Å². The predicted molar refractivity (Wildman–Crippen MR) is 78.2 cm³/mol. The van der Waals surface area contributed by atoms with Crippen LogP contribution < -0.4 is 5.32 Å². The number of anilines is 1. The Hall–Kier alpha value is -2.08. The number of hydrogen-bond acceptors (Lipinski definition) is 2. The average Bonchev–Trinajstić information content (AvgIpc) is 2.81. The van der Waals surface area contributed by atoms with E-state index in [1.807, 2.05) is 18.4 Å². The molecule has 2 rings (SSSR count). The molecule has 2 aromatic rings. The third kappa shape index (κ3) is 3.95. The zero-order chi connectivity index (χ0) is 15.5. The molecule has 0 fully saturated rings. The lowest BCUT2D eigenvalue weighted by Crippen LogP contribution is -2.14. The molecule has 0 saturated heterocycles. The Bertz CT molecular complexity index is 674. The molecular weight excluding hydrogens is 299 g/mol. The standard InChI is InChI=1S/C15H12F3NOS/c1-10-8-9-21-13(10)6-7-14(20)19-12-5-3-2-4-11(12)15(16,17)18/h2-9H,1H3,(H,19,20). The number of halogens is 3. The highest BCUT2D eigenvalue weighted by molar-refractivity contribution is 7.11. The van der Waals surface area contributed by atoms with Crippen molar-refractivity contribution in [2.45, 2.75) is 13.1 Å². The number of thiophene rings is 1. The lowest BCUT2D eigenvalue weighted by Gasteiger charge is -2.12. The molecule has 0 unspecified atom stereocenters. The SMILES string of the molecule is Cc1ccsc1C=CC(=O)Nc1ccccc1C(F)(F)F. The average molecular weight is 311 g/mol. The molecule has 0 saturated carbocycles. The van der Waals surface area contributed by atoms with Gasteiger partial charge in [0.2, 0.25) is 5.91 Å². The van der Waals surface area contributed by atoms with Gasteiger partial charge >= 0.3 is 6.18 Å². The van der Waals surface area contributed by atoms with Crippen LogP contribution in [0.1, 0.15) is 16.0 Å². The summed E-state index contributed by atoms with van der Waals surface area (Å²) < 4.78 is 38.4. The van der Waals surface area contributed by atoms with Gasteiger partial charge in [0.05, 0.1) is 11.3 Å². The molecule has 1 aromatic heterocycles. The normalized spacial score (nSPS) is 11.8. The minimum Gasteiger partial charge on any atom is -0.322 e. The maximum atomic E-state index is 12.8. The minimum absolute atomic E-state index is 0.248. The van der Waals surface area contributed by atoms with Crippen LogP contribution in [0.5, 0.6) is 0 Å². The Balaban J connectivity index is 2.14. The number of benzene rings is 1. The molecule has 0 radical (unpaired) electrons. The molecule has 2 nitrogen and oxygen atoms in total. The first-order valence-electron chi connectivity index (χ1n) is 6.07. The summed E-state index contributed by atoms with van der Waals surface area (Å²) in [5, 5.41) is 4.14. The van der Waals surface area contributed by atoms with Crippen LogP contribution in [0.25, 0.3) is 6.08 Å². The first kappa shape index (κ1) is 15.3. The van der Waals surface area contributed by atoms with Crippen molar-refractivity contribution in [3.05, 3.63) is 57.8 Å². The number of carbonyl (C=O) groups excluding carboxylic acids is 1. The van der Waals surface area contributed by atoms with Crippen molar-refractivity contribution >= 4 is 29.0 Å². The fraction of sp³-hybridized carbons (Fsp3) is 0.133.